The van der Waals surface area contributed by atoms with Crippen LogP contribution in [0.5, 0.6) is 0 Å². The maximum atomic E-state index is 12.3. The minimum absolute atomic E-state index is 0.320. The molecular formula is C14H13ClN4O2. The van der Waals surface area contributed by atoms with Gasteiger partial charge in [-0.3, -0.25) is 4.79 Å². The third-order valence-electron chi connectivity index (χ3n) is 3.13. The van der Waals surface area contributed by atoms with E-state index in [9.17, 15) is 4.79 Å². The van der Waals surface area contributed by atoms with Crippen LogP contribution >= 0.6 is 11.6 Å². The molecule has 0 aliphatic heterocycles. The monoisotopic (exact) mass is 304 g/mol. The summed E-state index contributed by atoms with van der Waals surface area (Å²) in [5.41, 5.74) is 1.13. The van der Waals surface area contributed by atoms with E-state index in [1.54, 1.807) is 13.8 Å². The quantitative estimate of drug-likeness (QED) is 0.779. The predicted molar refractivity (Wildman–Crippen MR) is 78.2 cm³/mol. The first-order chi connectivity index (χ1) is 10.1. The number of hydrogen-bond donors (Lipinski definition) is 2. The SMILES string of the molecule is Cc1noc([C@H](C)NC(=O)c2[nH]c3ccccc3c2Cl)n1. The molecular weight excluding hydrogens is 292 g/mol. The number of amides is 1. The summed E-state index contributed by atoms with van der Waals surface area (Å²) in [5, 5.41) is 7.69. The van der Waals surface area contributed by atoms with Crippen molar-refractivity contribution in [3.8, 4) is 0 Å². The number of carbonyl (C=O) groups is 1. The van der Waals surface area contributed by atoms with Gasteiger partial charge in [0.1, 0.15) is 11.7 Å². The van der Waals surface area contributed by atoms with Crippen LogP contribution in [0.3, 0.4) is 0 Å². The number of aryl methyl sites for hydroxylation is 1. The number of aromatic nitrogens is 3. The van der Waals surface area contributed by atoms with Crippen LogP contribution in [0.2, 0.25) is 5.02 Å². The van der Waals surface area contributed by atoms with Gasteiger partial charge in [-0.25, -0.2) is 0 Å². The Labute approximate surface area is 125 Å². The van der Waals surface area contributed by atoms with Crippen LogP contribution in [0.25, 0.3) is 10.9 Å². The van der Waals surface area contributed by atoms with E-state index in [4.69, 9.17) is 16.1 Å². The first kappa shape index (κ1) is 13.6. The van der Waals surface area contributed by atoms with Crippen molar-refractivity contribution < 1.29 is 9.32 Å². The first-order valence-corrected chi connectivity index (χ1v) is 6.81. The molecule has 108 valence electrons. The van der Waals surface area contributed by atoms with Crippen LogP contribution in [0.1, 0.15) is 35.2 Å². The fourth-order valence-electron chi connectivity index (χ4n) is 2.08. The summed E-state index contributed by atoms with van der Waals surface area (Å²) in [7, 11) is 0. The molecule has 21 heavy (non-hydrogen) atoms. The Kier molecular flexibility index (Phi) is 3.39. The van der Waals surface area contributed by atoms with Crippen molar-refractivity contribution in [2.24, 2.45) is 0 Å². The minimum Gasteiger partial charge on any atom is -0.349 e. The van der Waals surface area contributed by atoms with E-state index in [1.807, 2.05) is 24.3 Å². The fraction of sp³-hybridized carbons (Fsp3) is 0.214. The number of nitrogens with zero attached hydrogens (tertiary/aromatic N) is 2. The molecule has 1 aromatic carbocycles. The van der Waals surface area contributed by atoms with Gasteiger partial charge in [0, 0.05) is 10.9 Å². The van der Waals surface area contributed by atoms with Crippen LogP contribution in [0, 0.1) is 6.92 Å². The molecule has 0 saturated carbocycles. The van der Waals surface area contributed by atoms with Gasteiger partial charge >= 0.3 is 0 Å². The number of H-pyrrole nitrogens is 1. The van der Waals surface area contributed by atoms with Gasteiger partial charge in [-0.15, -0.1) is 0 Å². The predicted octanol–water partition coefficient (Wildman–Crippen LogP) is 3.00. The minimum atomic E-state index is -0.402. The van der Waals surface area contributed by atoms with E-state index in [-0.39, 0.29) is 5.91 Å². The molecule has 0 unspecified atom stereocenters. The second kappa shape index (κ2) is 5.21. The van der Waals surface area contributed by atoms with Crippen molar-refractivity contribution in [2.75, 3.05) is 0 Å². The van der Waals surface area contributed by atoms with Crippen LogP contribution in [-0.2, 0) is 0 Å². The van der Waals surface area contributed by atoms with Gasteiger partial charge in [-0.1, -0.05) is 35.0 Å². The van der Waals surface area contributed by atoms with E-state index in [0.29, 0.717) is 22.4 Å². The molecule has 1 atom stereocenters. The topological polar surface area (TPSA) is 83.8 Å². The van der Waals surface area contributed by atoms with E-state index in [1.165, 1.54) is 0 Å². The van der Waals surface area contributed by atoms with Gasteiger partial charge in [0.15, 0.2) is 5.82 Å². The second-order valence-electron chi connectivity index (χ2n) is 4.73. The molecule has 3 rings (SSSR count). The van der Waals surface area contributed by atoms with Gasteiger partial charge in [-0.05, 0) is 19.9 Å². The summed E-state index contributed by atoms with van der Waals surface area (Å²) in [5.74, 6) is 0.558. The lowest BCUT2D eigenvalue weighted by Gasteiger charge is -2.08. The Morgan fingerprint density at radius 1 is 1.43 bits per heavy atom. The van der Waals surface area contributed by atoms with Gasteiger partial charge < -0.3 is 14.8 Å². The zero-order valence-electron chi connectivity index (χ0n) is 11.5. The number of aromatic amines is 1. The highest BCUT2D eigenvalue weighted by Gasteiger charge is 2.20. The summed E-state index contributed by atoms with van der Waals surface area (Å²) >= 11 is 6.24. The van der Waals surface area contributed by atoms with Crippen molar-refractivity contribution in [1.29, 1.82) is 0 Å². The lowest BCUT2D eigenvalue weighted by Crippen LogP contribution is -2.27. The average Bonchev–Trinajstić information content (AvgIpc) is 3.04. The average molecular weight is 305 g/mol. The third kappa shape index (κ3) is 2.50. The fourth-order valence-corrected chi connectivity index (χ4v) is 2.38. The van der Waals surface area contributed by atoms with E-state index in [2.05, 4.69) is 20.4 Å². The largest absolute Gasteiger partial charge is 0.349 e. The van der Waals surface area contributed by atoms with Crippen molar-refractivity contribution in [2.45, 2.75) is 19.9 Å². The van der Waals surface area contributed by atoms with Crippen LogP contribution < -0.4 is 5.32 Å². The molecule has 0 spiro atoms. The van der Waals surface area contributed by atoms with E-state index in [0.717, 1.165) is 10.9 Å². The van der Waals surface area contributed by atoms with Gasteiger partial charge in [0.05, 0.1) is 5.02 Å². The van der Waals surface area contributed by atoms with Gasteiger partial charge in [-0.2, -0.15) is 4.98 Å². The molecule has 1 amide bonds. The molecule has 0 radical (unpaired) electrons. The molecule has 0 fully saturated rings. The third-order valence-corrected chi connectivity index (χ3v) is 3.52. The Hall–Kier alpha value is -2.34. The van der Waals surface area contributed by atoms with Crippen molar-refractivity contribution in [1.82, 2.24) is 20.4 Å². The Bertz CT molecular complexity index is 808. The molecule has 0 aliphatic rings. The number of nitrogens with one attached hydrogen (secondary N) is 2. The molecule has 2 N–H and O–H groups in total. The number of carbonyl (C=O) groups excluding carboxylic acids is 1. The zero-order chi connectivity index (χ0) is 15.0. The lowest BCUT2D eigenvalue weighted by molar-refractivity contribution is 0.0928. The van der Waals surface area contributed by atoms with Crippen molar-refractivity contribution >= 4 is 28.4 Å². The summed E-state index contributed by atoms with van der Waals surface area (Å²) in [4.78, 5) is 19.4. The normalized spacial score (nSPS) is 12.5. The molecule has 0 aliphatic carbocycles. The second-order valence-corrected chi connectivity index (χ2v) is 5.11. The maximum Gasteiger partial charge on any atom is 0.269 e. The standard InChI is InChI=1S/C14H13ClN4O2/c1-7(14-17-8(2)19-21-14)16-13(20)12-11(15)9-5-3-4-6-10(9)18-12/h3-7,18H,1-2H3,(H,16,20)/t7-/m0/s1. The molecule has 6 nitrogen and oxygen atoms in total. The highest BCUT2D eigenvalue weighted by atomic mass is 35.5. The molecule has 2 heterocycles. The lowest BCUT2D eigenvalue weighted by atomic mass is 10.2. The summed E-state index contributed by atoms with van der Waals surface area (Å²) in [6, 6.07) is 7.06. The van der Waals surface area contributed by atoms with Gasteiger partial charge in [0.2, 0.25) is 5.89 Å². The molecule has 0 bridgehead atoms. The highest BCUT2D eigenvalue weighted by Crippen LogP contribution is 2.27. The number of fused-ring (bicyclic) bond motifs is 1. The van der Waals surface area contributed by atoms with Crippen molar-refractivity contribution in [3.63, 3.8) is 0 Å². The highest BCUT2D eigenvalue weighted by molar-refractivity contribution is 6.38. The van der Waals surface area contributed by atoms with E-state index >= 15 is 0 Å². The number of benzene rings is 1. The number of rotatable bonds is 3. The van der Waals surface area contributed by atoms with Gasteiger partial charge in [0.25, 0.3) is 5.91 Å². The Morgan fingerprint density at radius 3 is 2.86 bits per heavy atom. The van der Waals surface area contributed by atoms with E-state index < -0.39 is 6.04 Å². The van der Waals surface area contributed by atoms with Crippen LogP contribution in [-0.4, -0.2) is 21.0 Å². The number of para-hydroxylation sites is 1. The Balaban J connectivity index is 1.85. The molecule has 2 aromatic heterocycles. The first-order valence-electron chi connectivity index (χ1n) is 6.43. The van der Waals surface area contributed by atoms with Crippen molar-refractivity contribution in [3.05, 3.63) is 46.7 Å². The molecule has 3 aromatic rings. The van der Waals surface area contributed by atoms with Crippen LogP contribution in [0.4, 0.5) is 0 Å². The van der Waals surface area contributed by atoms with Crippen LogP contribution in [0.15, 0.2) is 28.8 Å². The Morgan fingerprint density at radius 2 is 2.19 bits per heavy atom. The zero-order valence-corrected chi connectivity index (χ0v) is 12.2. The smallest absolute Gasteiger partial charge is 0.269 e. The number of hydrogen-bond acceptors (Lipinski definition) is 4. The summed E-state index contributed by atoms with van der Waals surface area (Å²) in [6.07, 6.45) is 0. The molecule has 7 heteroatoms. The maximum absolute atomic E-state index is 12.3. The summed E-state index contributed by atoms with van der Waals surface area (Å²) in [6.45, 7) is 3.48. The summed E-state index contributed by atoms with van der Waals surface area (Å²) < 4.78 is 5.03. The molecule has 0 saturated heterocycles. The number of halogens is 1.